The minimum atomic E-state index is -2.88. The van der Waals surface area contributed by atoms with Gasteiger partial charge in [-0.2, -0.15) is 0 Å². The molecule has 1 unspecified atom stereocenters. The Bertz CT molecular complexity index is 502. The summed E-state index contributed by atoms with van der Waals surface area (Å²) >= 11 is 6.03. The number of rotatable bonds is 9. The van der Waals surface area contributed by atoms with Crippen molar-refractivity contribution >= 4 is 21.4 Å². The molecule has 0 radical (unpaired) electrons. The minimum absolute atomic E-state index is 0.167. The van der Waals surface area contributed by atoms with E-state index >= 15 is 0 Å². The lowest BCUT2D eigenvalue weighted by molar-refractivity contribution is 0.492. The van der Waals surface area contributed by atoms with Gasteiger partial charge in [0.15, 0.2) is 0 Å². The topological polar surface area (TPSA) is 46.2 Å². The fourth-order valence-electron chi connectivity index (χ4n) is 2.08. The van der Waals surface area contributed by atoms with Crippen LogP contribution in [0.25, 0.3) is 0 Å². The molecule has 20 heavy (non-hydrogen) atoms. The van der Waals surface area contributed by atoms with Crippen molar-refractivity contribution in [2.24, 2.45) is 0 Å². The van der Waals surface area contributed by atoms with Gasteiger partial charge in [-0.15, -0.1) is 0 Å². The summed E-state index contributed by atoms with van der Waals surface area (Å²) in [6, 6.07) is 7.93. The molecular weight excluding hydrogens is 294 g/mol. The normalized spacial score (nSPS) is 13.3. The molecule has 0 saturated heterocycles. The molecule has 1 aromatic carbocycles. The largest absolute Gasteiger partial charge is 0.310 e. The number of hydrogen-bond donors (Lipinski definition) is 1. The second kappa shape index (κ2) is 8.65. The van der Waals surface area contributed by atoms with Gasteiger partial charge in [-0.25, -0.2) is 8.42 Å². The fourth-order valence-corrected chi connectivity index (χ4v) is 3.17. The number of sulfone groups is 1. The highest BCUT2D eigenvalue weighted by Gasteiger charge is 2.13. The quantitative estimate of drug-likeness (QED) is 0.757. The van der Waals surface area contributed by atoms with E-state index in [-0.39, 0.29) is 17.5 Å². The maximum absolute atomic E-state index is 11.5. The van der Waals surface area contributed by atoms with Gasteiger partial charge in [0.05, 0.1) is 5.75 Å². The van der Waals surface area contributed by atoms with Crippen LogP contribution < -0.4 is 5.32 Å². The number of benzene rings is 1. The summed E-state index contributed by atoms with van der Waals surface area (Å²) < 4.78 is 23.1. The first-order valence-electron chi connectivity index (χ1n) is 7.17. The van der Waals surface area contributed by atoms with Gasteiger partial charge in [0.25, 0.3) is 0 Å². The molecule has 0 aromatic heterocycles. The Kier molecular flexibility index (Phi) is 7.56. The molecule has 1 N–H and O–H groups in total. The summed E-state index contributed by atoms with van der Waals surface area (Å²) in [5.41, 5.74) is 1.12. The van der Waals surface area contributed by atoms with Crippen molar-refractivity contribution in [1.82, 2.24) is 5.32 Å². The van der Waals surface area contributed by atoms with E-state index in [1.807, 2.05) is 24.3 Å². The Balaban J connectivity index is 2.65. The lowest BCUT2D eigenvalue weighted by atomic mass is 10.0. The van der Waals surface area contributed by atoms with E-state index in [1.165, 1.54) is 0 Å². The zero-order valence-corrected chi connectivity index (χ0v) is 13.8. The van der Waals surface area contributed by atoms with Crippen molar-refractivity contribution in [2.75, 3.05) is 18.1 Å². The van der Waals surface area contributed by atoms with Crippen molar-refractivity contribution in [3.8, 4) is 0 Å². The van der Waals surface area contributed by atoms with Crippen LogP contribution in [0.4, 0.5) is 0 Å². The molecule has 3 nitrogen and oxygen atoms in total. The van der Waals surface area contributed by atoms with E-state index in [0.717, 1.165) is 24.9 Å². The highest BCUT2D eigenvalue weighted by Crippen LogP contribution is 2.22. The van der Waals surface area contributed by atoms with Crippen molar-refractivity contribution in [1.29, 1.82) is 0 Å². The summed E-state index contributed by atoms with van der Waals surface area (Å²) in [5, 5.41) is 4.18. The summed E-state index contributed by atoms with van der Waals surface area (Å²) in [6.07, 6.45) is 2.52. The van der Waals surface area contributed by atoms with Gasteiger partial charge in [0.1, 0.15) is 9.84 Å². The van der Waals surface area contributed by atoms with E-state index in [1.54, 1.807) is 6.92 Å². The maximum Gasteiger partial charge on any atom is 0.150 e. The standard InChI is InChI=1S/C15H24ClNO2S/c1-3-10-17-15(9-6-11-20(18,19)4-2)13-7-5-8-14(16)12-13/h5,7-8,12,15,17H,3-4,6,9-11H2,1-2H3. The van der Waals surface area contributed by atoms with Crippen molar-refractivity contribution in [3.63, 3.8) is 0 Å². The molecule has 0 aliphatic carbocycles. The molecule has 0 fully saturated rings. The van der Waals surface area contributed by atoms with Gasteiger partial charge in [-0.1, -0.05) is 37.6 Å². The molecule has 1 rings (SSSR count). The van der Waals surface area contributed by atoms with Crippen LogP contribution in [0, 0.1) is 0 Å². The molecule has 0 amide bonds. The Morgan fingerprint density at radius 1 is 1.30 bits per heavy atom. The van der Waals surface area contributed by atoms with Crippen LogP contribution in [-0.4, -0.2) is 26.5 Å². The van der Waals surface area contributed by atoms with Crippen LogP contribution in [-0.2, 0) is 9.84 Å². The lowest BCUT2D eigenvalue weighted by Gasteiger charge is -2.19. The monoisotopic (exact) mass is 317 g/mol. The van der Waals surface area contributed by atoms with E-state index < -0.39 is 9.84 Å². The molecule has 0 aliphatic rings. The van der Waals surface area contributed by atoms with Crippen LogP contribution in [0.15, 0.2) is 24.3 Å². The molecule has 1 aromatic rings. The Hall–Kier alpha value is -0.580. The third kappa shape index (κ3) is 6.25. The summed E-state index contributed by atoms with van der Waals surface area (Å²) in [6.45, 7) is 4.72. The number of nitrogens with one attached hydrogen (secondary N) is 1. The molecule has 114 valence electrons. The van der Waals surface area contributed by atoms with Crippen molar-refractivity contribution in [3.05, 3.63) is 34.9 Å². The predicted octanol–water partition coefficient (Wildman–Crippen LogP) is 3.60. The van der Waals surface area contributed by atoms with E-state index in [9.17, 15) is 8.42 Å². The van der Waals surface area contributed by atoms with Gasteiger partial charge < -0.3 is 5.32 Å². The highest BCUT2D eigenvalue weighted by atomic mass is 35.5. The molecule has 0 aliphatic heterocycles. The Morgan fingerprint density at radius 3 is 2.65 bits per heavy atom. The number of hydrogen-bond acceptors (Lipinski definition) is 3. The van der Waals surface area contributed by atoms with E-state index in [2.05, 4.69) is 12.2 Å². The average Bonchev–Trinajstić information content (AvgIpc) is 2.42. The second-order valence-electron chi connectivity index (χ2n) is 4.94. The number of halogens is 1. The first-order valence-corrected chi connectivity index (χ1v) is 9.37. The Morgan fingerprint density at radius 2 is 2.05 bits per heavy atom. The van der Waals surface area contributed by atoms with Gasteiger partial charge in [-0.3, -0.25) is 0 Å². The third-order valence-corrected chi connectivity index (χ3v) is 5.31. The van der Waals surface area contributed by atoms with Crippen molar-refractivity contribution < 1.29 is 8.42 Å². The molecule has 5 heteroatoms. The van der Waals surface area contributed by atoms with Gasteiger partial charge >= 0.3 is 0 Å². The molecule has 0 spiro atoms. The lowest BCUT2D eigenvalue weighted by Crippen LogP contribution is -2.23. The zero-order valence-electron chi connectivity index (χ0n) is 12.2. The summed E-state index contributed by atoms with van der Waals surface area (Å²) in [4.78, 5) is 0. The highest BCUT2D eigenvalue weighted by molar-refractivity contribution is 7.91. The zero-order chi connectivity index (χ0) is 15.0. The second-order valence-corrected chi connectivity index (χ2v) is 7.85. The fraction of sp³-hybridized carbons (Fsp3) is 0.600. The van der Waals surface area contributed by atoms with Crippen LogP contribution in [0.2, 0.25) is 5.02 Å². The Labute approximate surface area is 127 Å². The molecular formula is C15H24ClNO2S. The molecule has 0 bridgehead atoms. The first kappa shape index (κ1) is 17.5. The molecule has 0 heterocycles. The minimum Gasteiger partial charge on any atom is -0.310 e. The van der Waals surface area contributed by atoms with E-state index in [0.29, 0.717) is 11.4 Å². The van der Waals surface area contributed by atoms with Crippen LogP contribution in [0.3, 0.4) is 0 Å². The average molecular weight is 318 g/mol. The summed E-state index contributed by atoms with van der Waals surface area (Å²) in [5.74, 6) is 0.478. The van der Waals surface area contributed by atoms with Gasteiger partial charge in [0.2, 0.25) is 0 Å². The van der Waals surface area contributed by atoms with E-state index in [4.69, 9.17) is 11.6 Å². The van der Waals surface area contributed by atoms with Crippen LogP contribution in [0.5, 0.6) is 0 Å². The van der Waals surface area contributed by atoms with Crippen LogP contribution >= 0.6 is 11.6 Å². The van der Waals surface area contributed by atoms with Crippen LogP contribution in [0.1, 0.15) is 44.7 Å². The van der Waals surface area contributed by atoms with Gasteiger partial charge in [0, 0.05) is 16.8 Å². The molecule has 0 saturated carbocycles. The third-order valence-electron chi connectivity index (χ3n) is 3.28. The predicted molar refractivity (Wildman–Crippen MR) is 86.0 cm³/mol. The van der Waals surface area contributed by atoms with Gasteiger partial charge in [-0.05, 0) is 43.5 Å². The van der Waals surface area contributed by atoms with Crippen molar-refractivity contribution in [2.45, 2.75) is 39.2 Å². The SMILES string of the molecule is CCCNC(CCCS(=O)(=O)CC)c1cccc(Cl)c1. The summed E-state index contributed by atoms with van der Waals surface area (Å²) in [7, 11) is -2.88. The smallest absolute Gasteiger partial charge is 0.150 e. The first-order chi connectivity index (χ1) is 9.48. The maximum atomic E-state index is 11.5. The molecule has 1 atom stereocenters.